The SMILES string of the molecule is Cc1ccc(C(=O)Nc2ccc(C)c(-c3nc(NC(CO)CO)nc4c3ccc(=O)n4-c3c(F)cccc3F)c2)cc1C.O=C(O)C(F)(F)F. The number of hydrogen-bond acceptors (Lipinski definition) is 8. The summed E-state index contributed by atoms with van der Waals surface area (Å²) in [6.45, 7) is 4.78. The highest BCUT2D eigenvalue weighted by Gasteiger charge is 2.38. The summed E-state index contributed by atoms with van der Waals surface area (Å²) in [4.78, 5) is 44.0. The number of benzene rings is 3. The lowest BCUT2D eigenvalue weighted by molar-refractivity contribution is -0.192. The van der Waals surface area contributed by atoms with Crippen molar-refractivity contribution in [3.05, 3.63) is 111 Å². The molecule has 0 fully saturated rings. The number of carbonyl (C=O) groups excluding carboxylic acids is 1. The van der Waals surface area contributed by atoms with Crippen LogP contribution in [0.4, 0.5) is 33.6 Å². The van der Waals surface area contributed by atoms with E-state index in [1.165, 1.54) is 18.2 Å². The zero-order chi connectivity index (χ0) is 36.9. The second-order valence-electron chi connectivity index (χ2n) is 11.0. The minimum atomic E-state index is -5.08. The van der Waals surface area contributed by atoms with Gasteiger partial charge in [-0.15, -0.1) is 0 Å². The molecule has 0 spiro atoms. The Morgan fingerprint density at radius 2 is 1.48 bits per heavy atom. The van der Waals surface area contributed by atoms with E-state index in [1.54, 1.807) is 30.3 Å². The maximum Gasteiger partial charge on any atom is 0.490 e. The molecule has 2 aromatic heterocycles. The van der Waals surface area contributed by atoms with Crippen LogP contribution in [0.25, 0.3) is 28.0 Å². The number of carboxylic acids is 1. The van der Waals surface area contributed by atoms with Crippen LogP contribution >= 0.6 is 0 Å². The second-order valence-corrected chi connectivity index (χ2v) is 11.0. The van der Waals surface area contributed by atoms with Crippen LogP contribution in [-0.4, -0.2) is 67.2 Å². The normalized spacial score (nSPS) is 11.3. The largest absolute Gasteiger partial charge is 0.490 e. The maximum atomic E-state index is 14.9. The number of nitrogens with one attached hydrogen (secondary N) is 2. The number of pyridine rings is 1. The first-order chi connectivity index (χ1) is 23.5. The number of nitrogens with zero attached hydrogens (tertiary/aromatic N) is 3. The van der Waals surface area contributed by atoms with Crippen LogP contribution in [0.2, 0.25) is 0 Å². The van der Waals surface area contributed by atoms with Crippen LogP contribution in [0, 0.1) is 32.4 Å². The third-order valence-corrected chi connectivity index (χ3v) is 7.45. The summed E-state index contributed by atoms with van der Waals surface area (Å²) in [5.74, 6) is -5.12. The molecule has 0 radical (unpaired) electrons. The number of aromatic nitrogens is 3. The lowest BCUT2D eigenvalue weighted by atomic mass is 10.0. The monoisotopic (exact) mass is 699 g/mol. The van der Waals surface area contributed by atoms with Gasteiger partial charge in [0.05, 0.1) is 24.9 Å². The maximum absolute atomic E-state index is 14.9. The molecule has 0 aliphatic heterocycles. The van der Waals surface area contributed by atoms with Gasteiger partial charge in [-0.2, -0.15) is 18.2 Å². The van der Waals surface area contributed by atoms with E-state index >= 15 is 0 Å². The summed E-state index contributed by atoms with van der Waals surface area (Å²) < 4.78 is 62.5. The van der Waals surface area contributed by atoms with Gasteiger partial charge in [0.2, 0.25) is 5.95 Å². The van der Waals surface area contributed by atoms with Crippen LogP contribution in [0.3, 0.4) is 0 Å². The van der Waals surface area contributed by atoms with Gasteiger partial charge in [0, 0.05) is 28.3 Å². The van der Waals surface area contributed by atoms with Crippen LogP contribution in [0.5, 0.6) is 0 Å². The molecule has 0 unspecified atom stereocenters. The van der Waals surface area contributed by atoms with Gasteiger partial charge in [-0.1, -0.05) is 18.2 Å². The summed E-state index contributed by atoms with van der Waals surface area (Å²) in [5.41, 5.74) is 3.10. The van der Waals surface area contributed by atoms with E-state index in [2.05, 4.69) is 20.6 Å². The fourth-order valence-corrected chi connectivity index (χ4v) is 4.68. The summed E-state index contributed by atoms with van der Waals surface area (Å²) in [6, 6.07) is 15.6. The fraction of sp³-hybridized carbons (Fsp3) is 0.206. The molecule has 11 nitrogen and oxygen atoms in total. The molecule has 5 rings (SSSR count). The van der Waals surface area contributed by atoms with Gasteiger partial charge in [-0.3, -0.25) is 14.2 Å². The van der Waals surface area contributed by atoms with E-state index in [-0.39, 0.29) is 28.6 Å². The lowest BCUT2D eigenvalue weighted by Crippen LogP contribution is -2.29. The molecule has 0 atom stereocenters. The van der Waals surface area contributed by atoms with Crippen molar-refractivity contribution in [2.75, 3.05) is 23.8 Å². The van der Waals surface area contributed by atoms with Crippen LogP contribution in [-0.2, 0) is 4.79 Å². The Morgan fingerprint density at radius 3 is 2.06 bits per heavy atom. The average molecular weight is 700 g/mol. The van der Waals surface area contributed by atoms with Crippen molar-refractivity contribution < 1.29 is 46.9 Å². The van der Waals surface area contributed by atoms with E-state index in [9.17, 15) is 41.8 Å². The number of halogens is 5. The average Bonchev–Trinajstić information content (AvgIpc) is 3.06. The Labute approximate surface area is 280 Å². The number of amides is 1. The molecule has 0 aliphatic carbocycles. The molecule has 50 heavy (non-hydrogen) atoms. The molecular weight excluding hydrogens is 669 g/mol. The Balaban J connectivity index is 0.000000727. The molecule has 16 heteroatoms. The molecule has 1 amide bonds. The van der Waals surface area contributed by atoms with Gasteiger partial charge in [-0.05, 0) is 79.9 Å². The highest BCUT2D eigenvalue weighted by atomic mass is 19.4. The molecule has 5 aromatic rings. The fourth-order valence-electron chi connectivity index (χ4n) is 4.68. The Hall–Kier alpha value is -5.74. The predicted octanol–water partition coefficient (Wildman–Crippen LogP) is 5.30. The highest BCUT2D eigenvalue weighted by Crippen LogP contribution is 2.33. The third-order valence-electron chi connectivity index (χ3n) is 7.45. The first kappa shape index (κ1) is 37.1. The van der Waals surface area contributed by atoms with Crippen LogP contribution < -0.4 is 16.2 Å². The van der Waals surface area contributed by atoms with Crippen molar-refractivity contribution in [3.8, 4) is 16.9 Å². The van der Waals surface area contributed by atoms with Crippen molar-refractivity contribution in [1.29, 1.82) is 0 Å². The highest BCUT2D eigenvalue weighted by molar-refractivity contribution is 6.05. The minimum Gasteiger partial charge on any atom is -0.475 e. The van der Waals surface area contributed by atoms with Crippen molar-refractivity contribution in [1.82, 2.24) is 14.5 Å². The first-order valence-corrected chi connectivity index (χ1v) is 14.7. The molecule has 5 N–H and O–H groups in total. The summed E-state index contributed by atoms with van der Waals surface area (Å²) in [7, 11) is 0. The van der Waals surface area contributed by atoms with E-state index < -0.39 is 54.3 Å². The lowest BCUT2D eigenvalue weighted by Gasteiger charge is -2.18. The standard InChI is InChI=1S/C32H29F2N5O4.C2HF3O2/c1-17-7-9-20(13-19(17)3)31(43)35-21-10-8-18(2)24(14-21)28-23-11-12-27(42)39(29-25(33)5-4-6-26(29)34)30(23)38-32(37-28)36-22(15-40)16-41;3-2(4,5)1(6)7/h4-14,22,40-41H,15-16H2,1-3H3,(H,35,43)(H,36,37,38);(H,6,7). The molecule has 0 saturated heterocycles. The van der Waals surface area contributed by atoms with Gasteiger partial charge in [0.15, 0.2) is 5.65 Å². The quantitative estimate of drug-likeness (QED) is 0.135. The van der Waals surface area contributed by atoms with Crippen LogP contribution in [0.1, 0.15) is 27.0 Å². The summed E-state index contributed by atoms with van der Waals surface area (Å²) >= 11 is 0. The van der Waals surface area contributed by atoms with Crippen molar-refractivity contribution in [3.63, 3.8) is 0 Å². The van der Waals surface area contributed by atoms with Gasteiger partial charge >= 0.3 is 12.1 Å². The number of para-hydroxylation sites is 1. The minimum absolute atomic E-state index is 0.101. The Bertz CT molecular complexity index is 2110. The third kappa shape index (κ3) is 8.27. The topological polar surface area (TPSA) is 167 Å². The molecular formula is C34H30F5N5O6. The van der Waals surface area contributed by atoms with Gasteiger partial charge in [0.25, 0.3) is 11.5 Å². The molecule has 0 bridgehead atoms. The zero-order valence-corrected chi connectivity index (χ0v) is 26.6. The van der Waals surface area contributed by atoms with Gasteiger partial charge < -0.3 is 26.0 Å². The molecule has 0 saturated carbocycles. The van der Waals surface area contributed by atoms with Crippen LogP contribution in [0.15, 0.2) is 71.5 Å². The number of fused-ring (bicyclic) bond motifs is 1. The summed E-state index contributed by atoms with van der Waals surface area (Å²) in [6.07, 6.45) is -5.08. The summed E-state index contributed by atoms with van der Waals surface area (Å²) in [5, 5.41) is 32.4. The van der Waals surface area contributed by atoms with Gasteiger partial charge in [-0.25, -0.2) is 18.6 Å². The van der Waals surface area contributed by atoms with E-state index in [0.29, 0.717) is 16.8 Å². The number of rotatable bonds is 8. The van der Waals surface area contributed by atoms with Crippen molar-refractivity contribution in [2.45, 2.75) is 33.0 Å². The predicted molar refractivity (Wildman–Crippen MR) is 174 cm³/mol. The number of anilines is 2. The van der Waals surface area contributed by atoms with E-state index in [1.807, 2.05) is 26.8 Å². The molecule has 262 valence electrons. The Kier molecular flexibility index (Phi) is 11.3. The number of aryl methyl sites for hydroxylation is 3. The zero-order valence-electron chi connectivity index (χ0n) is 26.6. The number of aliphatic carboxylic acids is 1. The number of aliphatic hydroxyl groups is 2. The van der Waals surface area contributed by atoms with Crippen molar-refractivity contribution >= 4 is 34.5 Å². The second kappa shape index (κ2) is 15.2. The smallest absolute Gasteiger partial charge is 0.475 e. The first-order valence-electron chi connectivity index (χ1n) is 14.7. The number of carboxylic acid groups (broad SMARTS) is 1. The number of alkyl halides is 3. The molecule has 0 aliphatic rings. The number of hydrogen-bond donors (Lipinski definition) is 5. The van der Waals surface area contributed by atoms with Gasteiger partial charge in [0.1, 0.15) is 17.3 Å². The molecule has 3 aromatic carbocycles. The number of carbonyl (C=O) groups is 2. The van der Waals surface area contributed by atoms with E-state index in [0.717, 1.165) is 33.4 Å². The van der Waals surface area contributed by atoms with E-state index in [4.69, 9.17) is 9.90 Å². The Morgan fingerprint density at radius 1 is 0.860 bits per heavy atom. The van der Waals surface area contributed by atoms with Crippen molar-refractivity contribution in [2.24, 2.45) is 0 Å². The number of aliphatic hydroxyl groups excluding tert-OH is 2. The molecule has 2 heterocycles.